The minimum absolute atomic E-state index is 0. The fourth-order valence-corrected chi connectivity index (χ4v) is 4.11. The van der Waals surface area contributed by atoms with Crippen LogP contribution in [0.1, 0.15) is 17.5 Å². The number of nitrogens with two attached hydrogens (primary N) is 1. The number of carbonyl (C=O) groups excluding carboxylic acids is 1. The number of ether oxygens (including phenoxy) is 3. The van der Waals surface area contributed by atoms with Crippen molar-refractivity contribution in [1.82, 2.24) is 9.55 Å². The zero-order chi connectivity index (χ0) is 21.1. The Bertz CT molecular complexity index is 993. The van der Waals surface area contributed by atoms with E-state index in [-0.39, 0.29) is 38.6 Å². The van der Waals surface area contributed by atoms with Crippen LogP contribution in [0.2, 0.25) is 9.36 Å². The molecule has 3 rings (SSSR count). The average Bonchev–Trinajstić information content (AvgIpc) is 3.23. The average molecular weight is 505 g/mol. The van der Waals surface area contributed by atoms with Gasteiger partial charge in [-0.2, -0.15) is 4.39 Å². The third-order valence-electron chi connectivity index (χ3n) is 4.13. The Balaban J connectivity index is 0.00000320. The second-order valence-electron chi connectivity index (χ2n) is 6.08. The van der Waals surface area contributed by atoms with Gasteiger partial charge in [0.1, 0.15) is 23.3 Å². The highest BCUT2D eigenvalue weighted by Gasteiger charge is 2.38. The monoisotopic (exact) mass is 503 g/mol. The molecule has 2 aromatic rings. The van der Waals surface area contributed by atoms with Gasteiger partial charge < -0.3 is 19.9 Å². The van der Waals surface area contributed by atoms with E-state index in [9.17, 15) is 18.8 Å². The highest BCUT2D eigenvalue weighted by atomic mass is 35.5. The third-order valence-corrected chi connectivity index (χ3v) is 5.97. The van der Waals surface area contributed by atoms with Crippen molar-refractivity contribution >= 4 is 52.9 Å². The lowest BCUT2D eigenvalue weighted by Gasteiger charge is -2.18. The first kappa shape index (κ1) is 24.8. The summed E-state index contributed by atoms with van der Waals surface area (Å²) in [7, 11) is 0. The number of carbonyl (C=O) groups is 1. The van der Waals surface area contributed by atoms with Gasteiger partial charge in [0.15, 0.2) is 0 Å². The zero-order valence-electron chi connectivity index (χ0n) is 15.1. The van der Waals surface area contributed by atoms with Gasteiger partial charge in [0.05, 0.1) is 30.5 Å². The van der Waals surface area contributed by atoms with E-state index in [1.54, 1.807) is 6.07 Å². The number of esters is 1. The van der Waals surface area contributed by atoms with Gasteiger partial charge in [-0.05, 0) is 6.07 Å². The Hall–Kier alpha value is -1.47. The molecule has 1 aliphatic heterocycles. The molecule has 0 amide bonds. The first-order valence-electron chi connectivity index (χ1n) is 8.36. The number of hydrogen-bond donors (Lipinski definition) is 2. The lowest BCUT2D eigenvalue weighted by molar-refractivity contribution is -0.149. The minimum Gasteiger partial charge on any atom is -0.462 e. The lowest BCUT2D eigenvalue weighted by atomic mass is 10.2. The molecule has 1 fully saturated rings. The molecule has 0 saturated carbocycles. The van der Waals surface area contributed by atoms with Crippen molar-refractivity contribution in [1.29, 1.82) is 0 Å². The first-order chi connectivity index (χ1) is 13.8. The van der Waals surface area contributed by atoms with Crippen LogP contribution in [0.4, 0.5) is 4.39 Å². The van der Waals surface area contributed by atoms with Crippen LogP contribution in [-0.2, 0) is 25.6 Å². The molecule has 0 aromatic carbocycles. The number of thiophene rings is 1. The normalized spacial score (nSPS) is 20.7. The van der Waals surface area contributed by atoms with E-state index >= 15 is 0 Å². The van der Waals surface area contributed by atoms with Crippen LogP contribution in [0.3, 0.4) is 0 Å². The smallest absolute Gasteiger partial charge is 0.330 e. The van der Waals surface area contributed by atoms with E-state index in [0.29, 0.717) is 9.36 Å². The standard InChI is InChI=1S/C16H16Cl2FN3O6S.ClH/c17-8-1-7(29-14(8)18)5-26-10-2-12(28-11(10)6-27-13(23)3-20)22-4-9(19)15(24)21-16(22)25;/h1,4,10-12H,2-3,5-6,20H2,(H,21,24,25);1H/t10-,11+,12+;/m0./s1. The maximum absolute atomic E-state index is 13.6. The Morgan fingerprint density at radius 1 is 1.43 bits per heavy atom. The molecule has 0 bridgehead atoms. The number of nitrogens with zero attached hydrogens (tertiary/aromatic N) is 1. The Morgan fingerprint density at radius 3 is 2.80 bits per heavy atom. The second kappa shape index (κ2) is 10.7. The summed E-state index contributed by atoms with van der Waals surface area (Å²) in [6.07, 6.45) is -1.38. The molecule has 14 heteroatoms. The van der Waals surface area contributed by atoms with E-state index in [2.05, 4.69) is 0 Å². The van der Waals surface area contributed by atoms with Crippen LogP contribution in [0.15, 0.2) is 21.9 Å². The van der Waals surface area contributed by atoms with Crippen molar-refractivity contribution in [2.24, 2.45) is 5.73 Å². The number of halogens is 4. The van der Waals surface area contributed by atoms with Gasteiger partial charge >= 0.3 is 11.7 Å². The fourth-order valence-electron chi connectivity index (χ4n) is 2.76. The van der Waals surface area contributed by atoms with Crippen LogP contribution in [0, 0.1) is 5.82 Å². The molecule has 0 aliphatic carbocycles. The minimum atomic E-state index is -1.13. The van der Waals surface area contributed by atoms with E-state index in [1.807, 2.05) is 4.98 Å². The molecule has 0 spiro atoms. The summed E-state index contributed by atoms with van der Waals surface area (Å²) >= 11 is 13.1. The number of H-pyrrole nitrogens is 1. The number of aromatic nitrogens is 2. The molecule has 3 atom stereocenters. The molecule has 0 unspecified atom stereocenters. The molecular formula is C16H17Cl3FN3O6S. The number of nitrogens with one attached hydrogen (secondary N) is 1. The first-order valence-corrected chi connectivity index (χ1v) is 9.93. The summed E-state index contributed by atoms with van der Waals surface area (Å²) in [4.78, 5) is 37.2. The maximum Gasteiger partial charge on any atom is 0.330 e. The molecule has 1 aliphatic rings. The van der Waals surface area contributed by atoms with Crippen molar-refractivity contribution < 1.29 is 23.4 Å². The van der Waals surface area contributed by atoms with E-state index < -0.39 is 41.5 Å². The van der Waals surface area contributed by atoms with Crippen LogP contribution >= 0.6 is 46.9 Å². The Kier molecular flexibility index (Phi) is 8.85. The maximum atomic E-state index is 13.6. The Morgan fingerprint density at radius 2 is 2.17 bits per heavy atom. The summed E-state index contributed by atoms with van der Waals surface area (Å²) in [6, 6.07) is 1.66. The molecular weight excluding hydrogens is 488 g/mol. The summed E-state index contributed by atoms with van der Waals surface area (Å²) in [5.41, 5.74) is 3.26. The van der Waals surface area contributed by atoms with Gasteiger partial charge in [-0.15, -0.1) is 23.7 Å². The van der Waals surface area contributed by atoms with E-state index in [0.717, 1.165) is 15.6 Å². The van der Waals surface area contributed by atoms with Crippen molar-refractivity contribution in [3.63, 3.8) is 0 Å². The van der Waals surface area contributed by atoms with Gasteiger partial charge in [0, 0.05) is 11.3 Å². The predicted molar refractivity (Wildman–Crippen MR) is 110 cm³/mol. The van der Waals surface area contributed by atoms with Gasteiger partial charge in [0.25, 0.3) is 5.56 Å². The van der Waals surface area contributed by atoms with Crippen LogP contribution in [0.5, 0.6) is 0 Å². The summed E-state index contributed by atoms with van der Waals surface area (Å²) in [6.45, 7) is -0.337. The summed E-state index contributed by atoms with van der Waals surface area (Å²) in [5, 5.41) is 0.402. The van der Waals surface area contributed by atoms with Crippen molar-refractivity contribution in [2.75, 3.05) is 13.2 Å². The van der Waals surface area contributed by atoms with Crippen LogP contribution in [-0.4, -0.2) is 40.9 Å². The molecule has 3 heterocycles. The van der Waals surface area contributed by atoms with Crippen LogP contribution in [0.25, 0.3) is 0 Å². The number of rotatable bonds is 7. The van der Waals surface area contributed by atoms with Crippen molar-refractivity contribution in [3.05, 3.63) is 53.2 Å². The molecule has 166 valence electrons. The van der Waals surface area contributed by atoms with Crippen molar-refractivity contribution in [3.8, 4) is 0 Å². The quantitative estimate of drug-likeness (QED) is 0.551. The van der Waals surface area contributed by atoms with Gasteiger partial charge in [-0.25, -0.2) is 4.79 Å². The number of hydrogen-bond acceptors (Lipinski definition) is 8. The molecule has 1 saturated heterocycles. The van der Waals surface area contributed by atoms with E-state index in [1.165, 1.54) is 11.3 Å². The predicted octanol–water partition coefficient (Wildman–Crippen LogP) is 1.84. The largest absolute Gasteiger partial charge is 0.462 e. The Labute approximate surface area is 189 Å². The molecule has 30 heavy (non-hydrogen) atoms. The molecule has 0 radical (unpaired) electrons. The fraction of sp³-hybridized carbons (Fsp3) is 0.438. The molecule has 3 N–H and O–H groups in total. The highest BCUT2D eigenvalue weighted by Crippen LogP contribution is 2.34. The second-order valence-corrected chi connectivity index (χ2v) is 8.23. The highest BCUT2D eigenvalue weighted by molar-refractivity contribution is 7.16. The third kappa shape index (κ3) is 5.82. The van der Waals surface area contributed by atoms with Crippen molar-refractivity contribution in [2.45, 2.75) is 31.5 Å². The number of aromatic amines is 1. The summed E-state index contributed by atoms with van der Waals surface area (Å²) < 4.78 is 31.5. The zero-order valence-corrected chi connectivity index (χ0v) is 18.3. The van der Waals surface area contributed by atoms with E-state index in [4.69, 9.17) is 43.1 Å². The SMILES string of the molecule is Cl.NCC(=O)OC[C@H]1O[C@@H](n2cc(F)c(=O)[nH]c2=O)C[C@@H]1OCc1cc(Cl)c(Cl)s1. The summed E-state index contributed by atoms with van der Waals surface area (Å²) in [5.74, 6) is -1.77. The van der Waals surface area contributed by atoms with Crippen LogP contribution < -0.4 is 17.0 Å². The topological polar surface area (TPSA) is 126 Å². The molecule has 2 aromatic heterocycles. The van der Waals surface area contributed by atoms with Gasteiger partial charge in [-0.3, -0.25) is 19.1 Å². The van der Waals surface area contributed by atoms with Gasteiger partial charge in [-0.1, -0.05) is 23.2 Å². The lowest BCUT2D eigenvalue weighted by Crippen LogP contribution is -2.34. The van der Waals surface area contributed by atoms with Gasteiger partial charge in [0.2, 0.25) is 5.82 Å². The molecule has 9 nitrogen and oxygen atoms in total.